The second-order valence-corrected chi connectivity index (χ2v) is 6.89. The van der Waals surface area contributed by atoms with Gasteiger partial charge in [-0.2, -0.15) is 0 Å². The number of nitrogens with zero attached hydrogens (tertiary/aromatic N) is 1. The lowest BCUT2D eigenvalue weighted by atomic mass is 10.1. The third kappa shape index (κ3) is 3.79. The zero-order valence-corrected chi connectivity index (χ0v) is 14.2. The van der Waals surface area contributed by atoms with Gasteiger partial charge < -0.3 is 15.0 Å². The average molecular weight is 319 g/mol. The average Bonchev–Trinajstić information content (AvgIpc) is 3.15. The first-order valence-corrected chi connectivity index (χ1v) is 8.83. The summed E-state index contributed by atoms with van der Waals surface area (Å²) in [4.78, 5) is 7.35. The highest BCUT2D eigenvalue weighted by molar-refractivity contribution is 7.10. The summed E-state index contributed by atoms with van der Waals surface area (Å²) >= 11 is 1.85. The lowest BCUT2D eigenvalue weighted by molar-refractivity contribution is 0.0168. The summed E-state index contributed by atoms with van der Waals surface area (Å²) < 4.78 is 5.50. The van der Waals surface area contributed by atoms with E-state index in [4.69, 9.17) is 4.74 Å². The van der Waals surface area contributed by atoms with Crippen molar-refractivity contribution in [3.05, 3.63) is 45.4 Å². The Morgan fingerprint density at radius 2 is 2.18 bits per heavy atom. The highest BCUT2D eigenvalue weighted by Crippen LogP contribution is 2.25. The fourth-order valence-corrected chi connectivity index (χ4v) is 3.95. The quantitative estimate of drug-likeness (QED) is 0.860. The number of hydrogen-bond donors (Lipinski definition) is 2. The lowest BCUT2D eigenvalue weighted by Gasteiger charge is -2.34. The summed E-state index contributed by atoms with van der Waals surface area (Å²) in [6.07, 6.45) is 0. The van der Waals surface area contributed by atoms with Gasteiger partial charge in [-0.25, -0.2) is 0 Å². The van der Waals surface area contributed by atoms with E-state index in [1.807, 2.05) is 11.3 Å². The van der Waals surface area contributed by atoms with E-state index in [1.165, 1.54) is 21.8 Å². The van der Waals surface area contributed by atoms with Crippen LogP contribution in [0.4, 0.5) is 0 Å². The topological polar surface area (TPSA) is 40.3 Å². The summed E-state index contributed by atoms with van der Waals surface area (Å²) in [6.45, 7) is 9.88. The number of rotatable bonds is 6. The number of nitrogens with one attached hydrogen (secondary N) is 2. The molecule has 0 bridgehead atoms. The molecule has 1 fully saturated rings. The Labute approximate surface area is 136 Å². The highest BCUT2D eigenvalue weighted by Gasteiger charge is 2.23. The van der Waals surface area contributed by atoms with Crippen molar-refractivity contribution in [2.75, 3.05) is 32.8 Å². The Morgan fingerprint density at radius 3 is 2.82 bits per heavy atom. The fraction of sp³-hybridized carbons (Fsp3) is 0.529. The maximum atomic E-state index is 5.50. The van der Waals surface area contributed by atoms with E-state index in [0.717, 1.165) is 39.4 Å². The molecular weight excluding hydrogens is 294 g/mol. The number of ether oxygens (including phenoxy) is 1. The minimum Gasteiger partial charge on any atom is -0.379 e. The molecule has 1 aliphatic heterocycles. The Kier molecular flexibility index (Phi) is 5.31. The van der Waals surface area contributed by atoms with Gasteiger partial charge >= 0.3 is 0 Å². The maximum Gasteiger partial charge on any atom is 0.0594 e. The summed E-state index contributed by atoms with van der Waals surface area (Å²) in [5.41, 5.74) is 3.87. The summed E-state index contributed by atoms with van der Waals surface area (Å²) in [5.74, 6) is 0. The molecule has 1 saturated heterocycles. The predicted molar refractivity (Wildman–Crippen MR) is 91.4 cm³/mol. The molecule has 3 heterocycles. The maximum absolute atomic E-state index is 5.50. The largest absolute Gasteiger partial charge is 0.379 e. The first kappa shape index (κ1) is 15.7. The molecule has 2 N–H and O–H groups in total. The number of aryl methyl sites for hydroxylation is 2. The summed E-state index contributed by atoms with van der Waals surface area (Å²) in [6, 6.07) is 7.08. The van der Waals surface area contributed by atoms with Gasteiger partial charge in [-0.1, -0.05) is 6.07 Å². The van der Waals surface area contributed by atoms with Crippen LogP contribution in [0.1, 0.15) is 27.9 Å². The van der Waals surface area contributed by atoms with Crippen LogP contribution in [0.25, 0.3) is 0 Å². The molecule has 2 aromatic heterocycles. The number of morpholine rings is 1. The number of H-pyrrole nitrogens is 1. The molecule has 120 valence electrons. The van der Waals surface area contributed by atoms with Crippen LogP contribution in [0.15, 0.2) is 23.6 Å². The van der Waals surface area contributed by atoms with Crippen molar-refractivity contribution in [1.29, 1.82) is 0 Å². The number of thiophene rings is 1. The van der Waals surface area contributed by atoms with Crippen LogP contribution in [0, 0.1) is 13.8 Å². The molecule has 0 spiro atoms. The highest BCUT2D eigenvalue weighted by atomic mass is 32.1. The van der Waals surface area contributed by atoms with Gasteiger partial charge in [-0.3, -0.25) is 4.90 Å². The zero-order valence-electron chi connectivity index (χ0n) is 13.4. The van der Waals surface area contributed by atoms with Gasteiger partial charge in [0.05, 0.1) is 19.3 Å². The van der Waals surface area contributed by atoms with Crippen molar-refractivity contribution in [3.8, 4) is 0 Å². The van der Waals surface area contributed by atoms with Gasteiger partial charge in [0.1, 0.15) is 0 Å². The molecule has 0 aliphatic carbocycles. The zero-order chi connectivity index (χ0) is 15.4. The van der Waals surface area contributed by atoms with Gasteiger partial charge in [0, 0.05) is 42.4 Å². The molecule has 0 saturated carbocycles. The number of aromatic amines is 1. The van der Waals surface area contributed by atoms with Crippen molar-refractivity contribution in [3.63, 3.8) is 0 Å². The van der Waals surface area contributed by atoms with E-state index in [2.05, 4.69) is 52.6 Å². The van der Waals surface area contributed by atoms with Crippen LogP contribution in [0.5, 0.6) is 0 Å². The van der Waals surface area contributed by atoms with Crippen LogP contribution < -0.4 is 5.32 Å². The summed E-state index contributed by atoms with van der Waals surface area (Å²) in [7, 11) is 0. The molecule has 1 aliphatic rings. The molecule has 3 rings (SSSR count). The van der Waals surface area contributed by atoms with Gasteiger partial charge in [0.15, 0.2) is 0 Å². The smallest absolute Gasteiger partial charge is 0.0594 e. The second-order valence-electron chi connectivity index (χ2n) is 5.91. The van der Waals surface area contributed by atoms with Gasteiger partial charge in [-0.15, -0.1) is 11.3 Å². The third-order valence-electron chi connectivity index (χ3n) is 4.27. The Morgan fingerprint density at radius 1 is 1.36 bits per heavy atom. The first-order valence-electron chi connectivity index (χ1n) is 7.95. The Bertz CT molecular complexity index is 573. The Hall–Kier alpha value is -1.14. The van der Waals surface area contributed by atoms with Crippen molar-refractivity contribution in [2.24, 2.45) is 0 Å². The van der Waals surface area contributed by atoms with Crippen molar-refractivity contribution in [1.82, 2.24) is 15.2 Å². The van der Waals surface area contributed by atoms with Crippen LogP contribution in [0.3, 0.4) is 0 Å². The van der Waals surface area contributed by atoms with E-state index in [9.17, 15) is 0 Å². The van der Waals surface area contributed by atoms with Crippen LogP contribution in [-0.2, 0) is 11.3 Å². The molecule has 4 nitrogen and oxygen atoms in total. The first-order chi connectivity index (χ1) is 10.7. The molecule has 22 heavy (non-hydrogen) atoms. The minimum atomic E-state index is 0.448. The molecular formula is C17H25N3OS. The van der Waals surface area contributed by atoms with Gasteiger partial charge in [0.25, 0.3) is 0 Å². The van der Waals surface area contributed by atoms with Crippen molar-refractivity contribution < 1.29 is 4.74 Å². The normalized spacial score (nSPS) is 17.7. The van der Waals surface area contributed by atoms with Crippen molar-refractivity contribution in [2.45, 2.75) is 26.4 Å². The number of aromatic nitrogens is 1. The monoisotopic (exact) mass is 319 g/mol. The van der Waals surface area contributed by atoms with Crippen molar-refractivity contribution >= 4 is 11.3 Å². The summed E-state index contributed by atoms with van der Waals surface area (Å²) in [5, 5.41) is 5.81. The lowest BCUT2D eigenvalue weighted by Crippen LogP contribution is -2.42. The number of hydrogen-bond acceptors (Lipinski definition) is 4. The van der Waals surface area contributed by atoms with E-state index in [1.54, 1.807) is 0 Å². The fourth-order valence-electron chi connectivity index (χ4n) is 3.09. The molecule has 5 heteroatoms. The van der Waals surface area contributed by atoms with Crippen LogP contribution >= 0.6 is 11.3 Å². The van der Waals surface area contributed by atoms with E-state index in [-0.39, 0.29) is 0 Å². The van der Waals surface area contributed by atoms with Crippen LogP contribution in [0.2, 0.25) is 0 Å². The molecule has 0 aromatic carbocycles. The molecule has 0 amide bonds. The van der Waals surface area contributed by atoms with E-state index < -0.39 is 0 Å². The third-order valence-corrected chi connectivity index (χ3v) is 5.24. The second kappa shape index (κ2) is 7.42. The van der Waals surface area contributed by atoms with E-state index in [0.29, 0.717) is 6.04 Å². The van der Waals surface area contributed by atoms with Gasteiger partial charge in [-0.05, 0) is 36.9 Å². The molecule has 2 aromatic rings. The Balaban J connectivity index is 1.61. The SMILES string of the molecule is Cc1cc(CNCC(c2cccs2)N2CCOCC2)c(C)[nH]1. The molecule has 0 radical (unpaired) electrons. The molecule has 1 unspecified atom stereocenters. The standard InChI is InChI=1S/C17H25N3OS/c1-13-10-15(14(2)19-13)11-18-12-16(17-4-3-9-22-17)20-5-7-21-8-6-20/h3-4,9-10,16,18-19H,5-8,11-12H2,1-2H3. The van der Waals surface area contributed by atoms with Gasteiger partial charge in [0.2, 0.25) is 0 Å². The van der Waals surface area contributed by atoms with Crippen LogP contribution in [-0.4, -0.2) is 42.7 Å². The predicted octanol–water partition coefficient (Wildman–Crippen LogP) is 2.86. The van der Waals surface area contributed by atoms with E-state index >= 15 is 0 Å². The molecule has 1 atom stereocenters. The minimum absolute atomic E-state index is 0.448.